The number of hydrogen-bond donors (Lipinski definition) is 1. The molecule has 0 aliphatic heterocycles. The molecule has 3 aromatic carbocycles. The molecule has 0 unspecified atom stereocenters. The summed E-state index contributed by atoms with van der Waals surface area (Å²) >= 11 is 12.5. The molecule has 0 atom stereocenters. The molecule has 0 radical (unpaired) electrons. The zero-order chi connectivity index (χ0) is 25.2. The number of halogens is 2. The van der Waals surface area contributed by atoms with Crippen LogP contribution in [-0.2, 0) is 25.5 Å². The smallest absolute Gasteiger partial charge is 0.325 e. The van der Waals surface area contributed by atoms with E-state index < -0.39 is 24.6 Å². The minimum Gasteiger partial charge on any atom is -0.465 e. The fourth-order valence-corrected chi connectivity index (χ4v) is 3.70. The zero-order valence-electron chi connectivity index (χ0n) is 19.0. The molecule has 1 N–H and O–H groups in total. The van der Waals surface area contributed by atoms with Crippen molar-refractivity contribution in [1.82, 2.24) is 4.90 Å². The minimum absolute atomic E-state index is 0.0853. The van der Waals surface area contributed by atoms with E-state index in [-0.39, 0.29) is 19.6 Å². The van der Waals surface area contributed by atoms with Gasteiger partial charge in [0.25, 0.3) is 5.91 Å². The number of nitrogens with one attached hydrogen (secondary N) is 1. The van der Waals surface area contributed by atoms with Gasteiger partial charge in [-0.15, -0.1) is 0 Å². The van der Waals surface area contributed by atoms with E-state index >= 15 is 0 Å². The molecule has 0 saturated carbocycles. The SMILES string of the molecule is CCOC(=O)CN(COC(=O)Cc1ccccc1Nc1c(Cl)cccc1Cl)C(=O)c1ccccc1. The summed E-state index contributed by atoms with van der Waals surface area (Å²) in [7, 11) is 0. The van der Waals surface area contributed by atoms with Crippen LogP contribution < -0.4 is 5.32 Å². The van der Waals surface area contributed by atoms with Crippen LogP contribution in [0.2, 0.25) is 10.0 Å². The molecule has 0 saturated heterocycles. The maximum absolute atomic E-state index is 12.9. The second-order valence-corrected chi connectivity index (χ2v) is 8.19. The number of hydrogen-bond acceptors (Lipinski definition) is 6. The molecule has 0 spiro atoms. The van der Waals surface area contributed by atoms with Crippen molar-refractivity contribution in [3.63, 3.8) is 0 Å². The molecule has 0 bridgehead atoms. The molecule has 0 fully saturated rings. The van der Waals surface area contributed by atoms with E-state index in [1.54, 1.807) is 73.7 Å². The summed E-state index contributed by atoms with van der Waals surface area (Å²) in [5, 5.41) is 4.03. The van der Waals surface area contributed by atoms with Crippen molar-refractivity contribution in [3.05, 3.63) is 94.0 Å². The Balaban J connectivity index is 1.69. The second kappa shape index (κ2) is 12.8. The van der Waals surface area contributed by atoms with Gasteiger partial charge in [-0.1, -0.05) is 65.7 Å². The summed E-state index contributed by atoms with van der Waals surface area (Å²) in [6, 6.07) is 20.7. The van der Waals surface area contributed by atoms with Crippen LogP contribution in [0.3, 0.4) is 0 Å². The molecule has 0 aliphatic rings. The number of carbonyl (C=O) groups excluding carboxylic acids is 3. The van der Waals surface area contributed by atoms with E-state index in [1.807, 2.05) is 6.07 Å². The first-order valence-corrected chi connectivity index (χ1v) is 11.6. The average Bonchev–Trinajstić information content (AvgIpc) is 2.85. The van der Waals surface area contributed by atoms with E-state index in [9.17, 15) is 14.4 Å². The summed E-state index contributed by atoms with van der Waals surface area (Å²) in [5.41, 5.74) is 2.15. The quantitative estimate of drug-likeness (QED) is 0.284. The van der Waals surface area contributed by atoms with Crippen molar-refractivity contribution in [2.24, 2.45) is 0 Å². The third kappa shape index (κ3) is 7.47. The van der Waals surface area contributed by atoms with Gasteiger partial charge in [0.05, 0.1) is 28.8 Å². The normalized spacial score (nSPS) is 10.4. The number of rotatable bonds is 10. The van der Waals surface area contributed by atoms with Gasteiger partial charge in [-0.3, -0.25) is 19.3 Å². The Morgan fingerprint density at radius 3 is 2.17 bits per heavy atom. The number of nitrogens with zero attached hydrogens (tertiary/aromatic N) is 1. The topological polar surface area (TPSA) is 84.9 Å². The number of para-hydroxylation sites is 2. The van der Waals surface area contributed by atoms with Crippen LogP contribution in [0.5, 0.6) is 0 Å². The first kappa shape index (κ1) is 26.1. The third-order valence-electron chi connectivity index (χ3n) is 4.89. The summed E-state index contributed by atoms with van der Waals surface area (Å²) < 4.78 is 10.3. The van der Waals surface area contributed by atoms with Crippen LogP contribution in [0.25, 0.3) is 0 Å². The van der Waals surface area contributed by atoms with Crippen LogP contribution >= 0.6 is 23.2 Å². The largest absolute Gasteiger partial charge is 0.465 e. The monoisotopic (exact) mass is 514 g/mol. The zero-order valence-corrected chi connectivity index (χ0v) is 20.5. The lowest BCUT2D eigenvalue weighted by Gasteiger charge is -2.21. The second-order valence-electron chi connectivity index (χ2n) is 7.38. The Bertz CT molecular complexity index is 1170. The minimum atomic E-state index is -0.598. The Morgan fingerprint density at radius 2 is 1.49 bits per heavy atom. The number of ether oxygens (including phenoxy) is 2. The third-order valence-corrected chi connectivity index (χ3v) is 5.52. The van der Waals surface area contributed by atoms with E-state index in [1.165, 1.54) is 0 Å². The fraction of sp³-hybridized carbons (Fsp3) is 0.192. The van der Waals surface area contributed by atoms with Crippen molar-refractivity contribution in [1.29, 1.82) is 0 Å². The van der Waals surface area contributed by atoms with Gasteiger partial charge in [-0.05, 0) is 42.8 Å². The molecule has 0 heterocycles. The van der Waals surface area contributed by atoms with Crippen molar-refractivity contribution >= 4 is 52.4 Å². The number of amides is 1. The van der Waals surface area contributed by atoms with Crippen molar-refractivity contribution < 1.29 is 23.9 Å². The molecule has 3 rings (SSSR count). The van der Waals surface area contributed by atoms with E-state index in [4.69, 9.17) is 32.7 Å². The summed E-state index contributed by atoms with van der Waals surface area (Å²) in [6.45, 7) is 1.09. The Kier molecular flexibility index (Phi) is 9.52. The van der Waals surface area contributed by atoms with E-state index in [2.05, 4.69) is 5.32 Å². The number of carbonyl (C=O) groups is 3. The van der Waals surface area contributed by atoms with Crippen molar-refractivity contribution in [2.45, 2.75) is 13.3 Å². The van der Waals surface area contributed by atoms with E-state index in [0.717, 1.165) is 4.90 Å². The maximum atomic E-state index is 12.9. The average molecular weight is 515 g/mol. The van der Waals surface area contributed by atoms with Gasteiger partial charge in [0, 0.05) is 11.3 Å². The highest BCUT2D eigenvalue weighted by Crippen LogP contribution is 2.33. The van der Waals surface area contributed by atoms with Crippen LogP contribution in [0, 0.1) is 0 Å². The molecule has 7 nitrogen and oxygen atoms in total. The molecule has 3 aromatic rings. The van der Waals surface area contributed by atoms with Crippen molar-refractivity contribution in [3.8, 4) is 0 Å². The number of benzene rings is 3. The molecule has 1 amide bonds. The molecular weight excluding hydrogens is 491 g/mol. The summed E-state index contributed by atoms with van der Waals surface area (Å²) in [6.07, 6.45) is -0.0853. The van der Waals surface area contributed by atoms with Crippen molar-refractivity contribution in [2.75, 3.05) is 25.2 Å². The lowest BCUT2D eigenvalue weighted by Crippen LogP contribution is -2.39. The maximum Gasteiger partial charge on any atom is 0.325 e. The summed E-state index contributed by atoms with van der Waals surface area (Å²) in [4.78, 5) is 38.7. The van der Waals surface area contributed by atoms with Crippen LogP contribution in [0.1, 0.15) is 22.8 Å². The molecule has 182 valence electrons. The molecular formula is C26H24Cl2N2O5. The number of esters is 2. The molecule has 35 heavy (non-hydrogen) atoms. The van der Waals surface area contributed by atoms with Gasteiger partial charge < -0.3 is 14.8 Å². The standard InChI is InChI=1S/C26H24Cl2N2O5/c1-2-34-24(32)16-30(26(33)18-9-4-3-5-10-18)17-35-23(31)15-19-11-6-7-14-22(19)29-25-20(27)12-8-13-21(25)28/h3-14,29H,2,15-17H2,1H3. The van der Waals surface area contributed by atoms with Crippen LogP contribution in [0.15, 0.2) is 72.8 Å². The lowest BCUT2D eigenvalue weighted by molar-refractivity contribution is -0.151. The Labute approximate surface area is 213 Å². The van der Waals surface area contributed by atoms with Gasteiger partial charge >= 0.3 is 11.9 Å². The molecule has 0 aromatic heterocycles. The van der Waals surface area contributed by atoms with Gasteiger partial charge in [-0.2, -0.15) is 0 Å². The first-order chi connectivity index (χ1) is 16.9. The van der Waals surface area contributed by atoms with Gasteiger partial charge in [0.15, 0.2) is 6.73 Å². The highest BCUT2D eigenvalue weighted by atomic mass is 35.5. The summed E-state index contributed by atoms with van der Waals surface area (Å²) in [5.74, 6) is -1.64. The lowest BCUT2D eigenvalue weighted by atomic mass is 10.1. The van der Waals surface area contributed by atoms with Gasteiger partial charge in [-0.25, -0.2) is 0 Å². The van der Waals surface area contributed by atoms with E-state index in [0.29, 0.717) is 32.5 Å². The molecule has 9 heteroatoms. The van der Waals surface area contributed by atoms with Gasteiger partial charge in [0.1, 0.15) is 6.54 Å². The Morgan fingerprint density at radius 1 is 0.829 bits per heavy atom. The predicted octanol–water partition coefficient (Wildman–Crippen LogP) is 5.49. The number of anilines is 2. The first-order valence-electron chi connectivity index (χ1n) is 10.8. The predicted molar refractivity (Wildman–Crippen MR) is 135 cm³/mol. The van der Waals surface area contributed by atoms with Gasteiger partial charge in [0.2, 0.25) is 0 Å². The molecule has 0 aliphatic carbocycles. The fourth-order valence-electron chi connectivity index (χ4n) is 3.21. The Hall–Kier alpha value is -3.55. The van der Waals surface area contributed by atoms with Crippen LogP contribution in [0.4, 0.5) is 11.4 Å². The van der Waals surface area contributed by atoms with Crippen LogP contribution in [-0.4, -0.2) is 42.6 Å². The highest BCUT2D eigenvalue weighted by Gasteiger charge is 2.21. The highest BCUT2D eigenvalue weighted by molar-refractivity contribution is 6.39.